The molecule has 212 valence electrons. The van der Waals surface area contributed by atoms with E-state index < -0.39 is 0 Å². The smallest absolute Gasteiger partial charge is 0.0723 e. The van der Waals surface area contributed by atoms with E-state index in [1.54, 1.807) is 0 Å². The molecule has 8 rings (SSSR count). The van der Waals surface area contributed by atoms with E-state index in [1.807, 2.05) is 36.7 Å². The van der Waals surface area contributed by atoms with Gasteiger partial charge in [0.1, 0.15) is 0 Å². The summed E-state index contributed by atoms with van der Waals surface area (Å²) in [7, 11) is 0. The maximum Gasteiger partial charge on any atom is 0.0723 e. The first kappa shape index (κ1) is 26.7. The molecular formula is C42H29N3. The van der Waals surface area contributed by atoms with E-state index in [2.05, 4.69) is 132 Å². The summed E-state index contributed by atoms with van der Waals surface area (Å²) in [5, 5.41) is 7.28. The van der Waals surface area contributed by atoms with Crippen molar-refractivity contribution in [3.63, 3.8) is 0 Å². The normalized spacial score (nSPS) is 11.2. The fourth-order valence-corrected chi connectivity index (χ4v) is 6.34. The summed E-state index contributed by atoms with van der Waals surface area (Å²) in [6.07, 6.45) is 3.62. The summed E-state index contributed by atoms with van der Waals surface area (Å²) in [5.74, 6) is 0. The molecule has 0 aliphatic carbocycles. The van der Waals surface area contributed by atoms with Gasteiger partial charge in [-0.1, -0.05) is 115 Å². The minimum Gasteiger partial charge on any atom is -0.279 e. The van der Waals surface area contributed by atoms with E-state index >= 15 is 0 Å². The van der Waals surface area contributed by atoms with Gasteiger partial charge >= 0.3 is 0 Å². The van der Waals surface area contributed by atoms with Gasteiger partial charge in [-0.15, -0.1) is 0 Å². The average Bonchev–Trinajstić information content (AvgIpc) is 3.13. The molecule has 0 radical (unpaired) electrons. The van der Waals surface area contributed by atoms with Crippen LogP contribution in [0.1, 0.15) is 16.7 Å². The highest BCUT2D eigenvalue weighted by Crippen LogP contribution is 2.39. The molecule has 45 heavy (non-hydrogen) atoms. The average molecular weight is 576 g/mol. The number of hydrogen-bond acceptors (Lipinski definition) is 3. The molecule has 0 aliphatic rings. The number of pyridine rings is 2. The standard InChI is InChI=1S/C42H29N3/c1-3-12-30(13-4-1)42(31-14-5-2-6-15-31)44-28-32-26-37-35-18-9-10-19-36(35)39(27-38(37)34-17-8-7-16-33(32)34)41-21-11-20-40(45-41)29-22-24-43-25-23-29/h1-27H,28H2. The third-order valence-corrected chi connectivity index (χ3v) is 8.47. The van der Waals surface area contributed by atoms with Crippen molar-refractivity contribution in [1.82, 2.24) is 9.97 Å². The monoisotopic (exact) mass is 575 g/mol. The summed E-state index contributed by atoms with van der Waals surface area (Å²) < 4.78 is 0. The molecule has 0 bridgehead atoms. The SMILES string of the molecule is c1ccc(C(=NCc2cc3c4ccccc4c(-c4cccc(-c5ccncc5)n4)cc3c3ccccc23)c2ccccc2)cc1. The zero-order valence-corrected chi connectivity index (χ0v) is 24.6. The van der Waals surface area contributed by atoms with Crippen molar-refractivity contribution in [2.24, 2.45) is 4.99 Å². The van der Waals surface area contributed by atoms with E-state index in [-0.39, 0.29) is 0 Å². The lowest BCUT2D eigenvalue weighted by Crippen LogP contribution is -2.04. The quantitative estimate of drug-likeness (QED) is 0.146. The summed E-state index contributed by atoms with van der Waals surface area (Å²) in [6, 6.07) is 53.3. The van der Waals surface area contributed by atoms with Crippen LogP contribution in [0.3, 0.4) is 0 Å². The first-order valence-electron chi connectivity index (χ1n) is 15.2. The Morgan fingerprint density at radius 1 is 0.467 bits per heavy atom. The third kappa shape index (κ3) is 5.05. The van der Waals surface area contributed by atoms with Crippen LogP contribution in [0.25, 0.3) is 54.8 Å². The Bertz CT molecular complexity index is 2290. The van der Waals surface area contributed by atoms with E-state index in [0.29, 0.717) is 6.54 Å². The van der Waals surface area contributed by atoms with Gasteiger partial charge in [-0.05, 0) is 74.3 Å². The number of benzene rings is 6. The molecule has 0 atom stereocenters. The number of hydrogen-bond donors (Lipinski definition) is 0. The Morgan fingerprint density at radius 3 is 1.71 bits per heavy atom. The molecule has 8 aromatic rings. The van der Waals surface area contributed by atoms with E-state index in [9.17, 15) is 0 Å². The lowest BCUT2D eigenvalue weighted by molar-refractivity contribution is 1.08. The van der Waals surface area contributed by atoms with Gasteiger partial charge < -0.3 is 0 Å². The molecule has 6 aromatic carbocycles. The first-order chi connectivity index (χ1) is 22.3. The molecule has 0 fully saturated rings. The van der Waals surface area contributed by atoms with Crippen molar-refractivity contribution in [2.45, 2.75) is 6.54 Å². The minimum absolute atomic E-state index is 0.571. The molecule has 0 N–H and O–H groups in total. The van der Waals surface area contributed by atoms with Gasteiger partial charge in [0.15, 0.2) is 0 Å². The zero-order valence-electron chi connectivity index (χ0n) is 24.6. The Hall–Kier alpha value is -5.93. The van der Waals surface area contributed by atoms with Gasteiger partial charge in [0.05, 0.1) is 23.6 Å². The number of aromatic nitrogens is 2. The highest BCUT2D eigenvalue weighted by molar-refractivity contribution is 6.21. The van der Waals surface area contributed by atoms with Crippen molar-refractivity contribution in [2.75, 3.05) is 0 Å². The molecule has 0 aliphatic heterocycles. The lowest BCUT2D eigenvalue weighted by Gasteiger charge is -2.16. The van der Waals surface area contributed by atoms with Gasteiger partial charge in [0.25, 0.3) is 0 Å². The van der Waals surface area contributed by atoms with Crippen LogP contribution in [0.15, 0.2) is 169 Å². The molecule has 0 unspecified atom stereocenters. The van der Waals surface area contributed by atoms with Crippen LogP contribution in [0.2, 0.25) is 0 Å². The summed E-state index contributed by atoms with van der Waals surface area (Å²) >= 11 is 0. The predicted octanol–water partition coefficient (Wildman–Crippen LogP) is 10.3. The molecule has 0 spiro atoms. The largest absolute Gasteiger partial charge is 0.279 e. The summed E-state index contributed by atoms with van der Waals surface area (Å²) in [4.78, 5) is 14.6. The Morgan fingerprint density at radius 2 is 1.02 bits per heavy atom. The lowest BCUT2D eigenvalue weighted by atomic mass is 9.90. The Kier molecular flexibility index (Phi) is 6.89. The topological polar surface area (TPSA) is 38.1 Å². The fourth-order valence-electron chi connectivity index (χ4n) is 6.34. The molecule has 3 nitrogen and oxygen atoms in total. The first-order valence-corrected chi connectivity index (χ1v) is 15.2. The second kappa shape index (κ2) is 11.6. The minimum atomic E-state index is 0.571. The molecule has 0 saturated carbocycles. The maximum atomic E-state index is 5.28. The molecule has 3 heteroatoms. The van der Waals surface area contributed by atoms with Crippen molar-refractivity contribution in [3.8, 4) is 22.5 Å². The van der Waals surface area contributed by atoms with Crippen LogP contribution in [0, 0.1) is 0 Å². The molecule has 2 heterocycles. The maximum absolute atomic E-state index is 5.28. The second-order valence-electron chi connectivity index (χ2n) is 11.2. The van der Waals surface area contributed by atoms with Crippen LogP contribution in [-0.2, 0) is 6.54 Å². The van der Waals surface area contributed by atoms with Crippen LogP contribution >= 0.6 is 0 Å². The molecular weight excluding hydrogens is 546 g/mol. The summed E-state index contributed by atoms with van der Waals surface area (Å²) in [6.45, 7) is 0.571. The van der Waals surface area contributed by atoms with Gasteiger partial charge in [-0.2, -0.15) is 0 Å². The second-order valence-corrected chi connectivity index (χ2v) is 11.2. The van der Waals surface area contributed by atoms with Crippen molar-refractivity contribution < 1.29 is 0 Å². The highest BCUT2D eigenvalue weighted by Gasteiger charge is 2.15. The van der Waals surface area contributed by atoms with Gasteiger partial charge in [0.2, 0.25) is 0 Å². The van der Waals surface area contributed by atoms with Gasteiger partial charge in [-0.25, -0.2) is 4.98 Å². The fraction of sp³-hybridized carbons (Fsp3) is 0.0238. The van der Waals surface area contributed by atoms with E-state index in [1.165, 1.54) is 37.9 Å². The number of rotatable bonds is 6. The molecule has 2 aromatic heterocycles. The Labute approximate surface area is 262 Å². The number of nitrogens with zero attached hydrogens (tertiary/aromatic N) is 3. The number of aliphatic imine (C=N–C) groups is 1. The van der Waals surface area contributed by atoms with Crippen molar-refractivity contribution in [3.05, 3.63) is 181 Å². The van der Waals surface area contributed by atoms with Crippen molar-refractivity contribution >= 4 is 38.0 Å². The van der Waals surface area contributed by atoms with Gasteiger partial charge in [0, 0.05) is 34.6 Å². The van der Waals surface area contributed by atoms with Crippen LogP contribution in [0.5, 0.6) is 0 Å². The highest BCUT2D eigenvalue weighted by atomic mass is 14.7. The Balaban J connectivity index is 1.33. The molecule has 0 saturated heterocycles. The van der Waals surface area contributed by atoms with Gasteiger partial charge in [-0.3, -0.25) is 9.98 Å². The van der Waals surface area contributed by atoms with Crippen molar-refractivity contribution in [1.29, 1.82) is 0 Å². The predicted molar refractivity (Wildman–Crippen MR) is 188 cm³/mol. The van der Waals surface area contributed by atoms with E-state index in [4.69, 9.17) is 9.98 Å². The van der Waals surface area contributed by atoms with Crippen LogP contribution < -0.4 is 0 Å². The van der Waals surface area contributed by atoms with Crippen LogP contribution in [0.4, 0.5) is 0 Å². The zero-order chi connectivity index (χ0) is 30.0. The number of fused-ring (bicyclic) bond motifs is 5. The molecule has 0 amide bonds. The van der Waals surface area contributed by atoms with E-state index in [0.717, 1.165) is 39.4 Å². The van der Waals surface area contributed by atoms with Crippen LogP contribution in [-0.4, -0.2) is 15.7 Å². The third-order valence-electron chi connectivity index (χ3n) is 8.47. The summed E-state index contributed by atoms with van der Waals surface area (Å²) in [5.41, 5.74) is 8.51.